The monoisotopic (exact) mass is 400 g/mol. The Kier molecular flexibility index (Phi) is 7.39. The normalized spacial score (nSPS) is 18.2. The lowest BCUT2D eigenvalue weighted by Crippen LogP contribution is -2.41. The van der Waals surface area contributed by atoms with Gasteiger partial charge in [0.1, 0.15) is 0 Å². The highest BCUT2D eigenvalue weighted by molar-refractivity contribution is 6.02. The molecule has 156 valence electrons. The van der Waals surface area contributed by atoms with Gasteiger partial charge in [-0.1, -0.05) is 7.43 Å². The van der Waals surface area contributed by atoms with Crippen LogP contribution in [-0.2, 0) is 43.2 Å². The van der Waals surface area contributed by atoms with Crippen LogP contribution < -0.4 is 0 Å². The molecule has 28 heavy (non-hydrogen) atoms. The summed E-state index contributed by atoms with van der Waals surface area (Å²) in [6.45, 7) is 3.89. The van der Waals surface area contributed by atoms with Gasteiger partial charge < -0.3 is 14.4 Å². The molecule has 0 aliphatic carbocycles. The van der Waals surface area contributed by atoms with Gasteiger partial charge in [-0.15, -0.1) is 10.1 Å². The van der Waals surface area contributed by atoms with Crippen molar-refractivity contribution in [1.82, 2.24) is 10.1 Å². The van der Waals surface area contributed by atoms with Crippen LogP contribution in [0.3, 0.4) is 0 Å². The molecule has 2 fully saturated rings. The molecule has 0 spiro atoms. The summed E-state index contributed by atoms with van der Waals surface area (Å²) in [5, 5.41) is 0.818. The van der Waals surface area contributed by atoms with E-state index in [2.05, 4.69) is 0 Å². The smallest absolute Gasteiger partial charge is 0.361 e. The molecule has 0 bridgehead atoms. The number of ether oxygens (including phenoxy) is 1. The van der Waals surface area contributed by atoms with Gasteiger partial charge in [-0.25, -0.2) is 9.59 Å². The summed E-state index contributed by atoms with van der Waals surface area (Å²) in [6, 6.07) is 0. The minimum absolute atomic E-state index is 0. The van der Waals surface area contributed by atoms with Gasteiger partial charge >= 0.3 is 11.9 Å². The third-order valence-electron chi connectivity index (χ3n) is 3.95. The minimum atomic E-state index is -1.29. The van der Waals surface area contributed by atoms with Gasteiger partial charge in [-0.05, 0) is 20.8 Å². The molecule has 1 unspecified atom stereocenters. The zero-order chi connectivity index (χ0) is 20.4. The number of nitrogens with zero attached hydrogens (tertiary/aromatic N) is 2. The number of hydrogen-bond acceptors (Lipinski definition) is 9. The first-order valence-electron chi connectivity index (χ1n) is 8.30. The van der Waals surface area contributed by atoms with Crippen LogP contribution in [0.5, 0.6) is 0 Å². The molecule has 11 heteroatoms. The van der Waals surface area contributed by atoms with Gasteiger partial charge in [0.2, 0.25) is 0 Å². The fraction of sp³-hybridized carbons (Fsp3) is 0.647. The maximum atomic E-state index is 12.2. The quantitative estimate of drug-likeness (QED) is 0.551. The van der Waals surface area contributed by atoms with E-state index < -0.39 is 47.1 Å². The molecule has 4 amide bonds. The Bertz CT molecular complexity index is 669. The molecule has 0 aromatic carbocycles. The van der Waals surface area contributed by atoms with Crippen LogP contribution in [0.2, 0.25) is 0 Å². The van der Waals surface area contributed by atoms with E-state index in [9.17, 15) is 28.8 Å². The maximum absolute atomic E-state index is 12.2. The second-order valence-corrected chi connectivity index (χ2v) is 6.79. The van der Waals surface area contributed by atoms with Crippen LogP contribution in [0.25, 0.3) is 0 Å². The highest BCUT2D eigenvalue weighted by atomic mass is 16.7. The van der Waals surface area contributed by atoms with E-state index in [-0.39, 0.29) is 39.7 Å². The Balaban J connectivity index is 0.00000392. The molecule has 2 saturated heterocycles. The van der Waals surface area contributed by atoms with Crippen molar-refractivity contribution in [3.05, 3.63) is 0 Å². The van der Waals surface area contributed by atoms with Gasteiger partial charge in [0.05, 0.1) is 12.0 Å². The SMILES string of the molecule is C.CC(OCC(C)(C)C(=O)ON1C(=O)CCC1=O)C(=O)ON1C(=O)CCC1=O. The highest BCUT2D eigenvalue weighted by Gasteiger charge is 2.39. The predicted octanol–water partition coefficient (Wildman–Crippen LogP) is 0.268. The lowest BCUT2D eigenvalue weighted by Gasteiger charge is -2.25. The minimum Gasteiger partial charge on any atom is -0.366 e. The summed E-state index contributed by atoms with van der Waals surface area (Å²) in [4.78, 5) is 79.5. The van der Waals surface area contributed by atoms with Gasteiger partial charge in [0, 0.05) is 25.7 Å². The second kappa shape index (κ2) is 8.91. The summed E-state index contributed by atoms with van der Waals surface area (Å²) in [7, 11) is 0. The predicted molar refractivity (Wildman–Crippen MR) is 90.3 cm³/mol. The first-order chi connectivity index (χ1) is 12.5. The van der Waals surface area contributed by atoms with Crippen molar-refractivity contribution < 1.29 is 43.2 Å². The molecule has 0 aromatic heterocycles. The average Bonchev–Trinajstić information content (AvgIpc) is 3.09. The van der Waals surface area contributed by atoms with Crippen LogP contribution in [-0.4, -0.2) is 58.4 Å². The molecule has 2 aliphatic rings. The highest BCUT2D eigenvalue weighted by Crippen LogP contribution is 2.22. The fourth-order valence-corrected chi connectivity index (χ4v) is 2.15. The number of imide groups is 2. The molecule has 2 heterocycles. The Morgan fingerprint density at radius 2 is 1.29 bits per heavy atom. The summed E-state index contributed by atoms with van der Waals surface area (Å²) in [5.41, 5.74) is -1.29. The van der Waals surface area contributed by atoms with Crippen molar-refractivity contribution in [2.75, 3.05) is 6.61 Å². The standard InChI is InChI=1S/C16H20N2O9.CH4/c1-9(14(23)26-17-10(19)4-5-11(17)20)25-8-16(2,3)15(24)27-18-12(21)6-7-13(18)22;/h9H,4-8H2,1-3H3;1H4. The van der Waals surface area contributed by atoms with Crippen LogP contribution in [0.4, 0.5) is 0 Å². The summed E-state index contributed by atoms with van der Waals surface area (Å²) in [6.07, 6.45) is -1.31. The van der Waals surface area contributed by atoms with Crippen molar-refractivity contribution in [2.24, 2.45) is 5.41 Å². The maximum Gasteiger partial charge on any atom is 0.361 e. The lowest BCUT2D eigenvalue weighted by atomic mass is 9.95. The third-order valence-corrected chi connectivity index (χ3v) is 3.95. The van der Waals surface area contributed by atoms with E-state index in [1.54, 1.807) is 0 Å². The first-order valence-corrected chi connectivity index (χ1v) is 8.30. The fourth-order valence-electron chi connectivity index (χ4n) is 2.15. The van der Waals surface area contributed by atoms with E-state index in [0.29, 0.717) is 10.1 Å². The van der Waals surface area contributed by atoms with E-state index in [1.807, 2.05) is 0 Å². The molecule has 0 N–H and O–H groups in total. The van der Waals surface area contributed by atoms with E-state index in [1.165, 1.54) is 20.8 Å². The molecule has 0 saturated carbocycles. The molecular weight excluding hydrogens is 376 g/mol. The van der Waals surface area contributed by atoms with Gasteiger partial charge in [-0.2, -0.15) is 0 Å². The average molecular weight is 400 g/mol. The van der Waals surface area contributed by atoms with Gasteiger partial charge in [0.25, 0.3) is 23.6 Å². The largest absolute Gasteiger partial charge is 0.366 e. The molecule has 2 aliphatic heterocycles. The van der Waals surface area contributed by atoms with Gasteiger partial charge in [-0.3, -0.25) is 19.2 Å². The van der Waals surface area contributed by atoms with Gasteiger partial charge in [0.15, 0.2) is 6.10 Å². The molecule has 0 radical (unpaired) electrons. The van der Waals surface area contributed by atoms with Crippen molar-refractivity contribution in [3.63, 3.8) is 0 Å². The molecule has 11 nitrogen and oxygen atoms in total. The Morgan fingerprint density at radius 1 is 0.893 bits per heavy atom. The number of rotatable bonds is 7. The van der Waals surface area contributed by atoms with Crippen molar-refractivity contribution in [1.29, 1.82) is 0 Å². The summed E-state index contributed by atoms with van der Waals surface area (Å²) >= 11 is 0. The lowest BCUT2D eigenvalue weighted by molar-refractivity contribution is -0.211. The molecule has 1 atom stereocenters. The molecule has 0 aromatic rings. The summed E-state index contributed by atoms with van der Waals surface area (Å²) in [5.74, 6) is -4.33. The zero-order valence-corrected chi connectivity index (χ0v) is 15.2. The van der Waals surface area contributed by atoms with Crippen molar-refractivity contribution in [3.8, 4) is 0 Å². The first kappa shape index (κ1) is 23.2. The number of hydrogen-bond donors (Lipinski definition) is 0. The third kappa shape index (κ3) is 5.12. The van der Waals surface area contributed by atoms with Crippen LogP contribution in [0.1, 0.15) is 53.9 Å². The Labute approximate surface area is 161 Å². The number of carbonyl (C=O) groups excluding carboxylic acids is 6. The Hall–Kier alpha value is -2.82. The van der Waals surface area contributed by atoms with Crippen LogP contribution in [0.15, 0.2) is 0 Å². The molecule has 2 rings (SSSR count). The van der Waals surface area contributed by atoms with Crippen LogP contribution in [0, 0.1) is 5.41 Å². The number of carbonyl (C=O) groups is 6. The second-order valence-electron chi connectivity index (χ2n) is 6.79. The Morgan fingerprint density at radius 3 is 1.71 bits per heavy atom. The van der Waals surface area contributed by atoms with E-state index >= 15 is 0 Å². The topological polar surface area (TPSA) is 137 Å². The van der Waals surface area contributed by atoms with E-state index in [4.69, 9.17) is 14.4 Å². The van der Waals surface area contributed by atoms with Crippen molar-refractivity contribution in [2.45, 2.75) is 60.0 Å². The van der Waals surface area contributed by atoms with E-state index in [0.717, 1.165) is 0 Å². The zero-order valence-electron chi connectivity index (χ0n) is 15.2. The number of hydroxylamine groups is 4. The molecular formula is C17H24N2O9. The number of amides is 4. The van der Waals surface area contributed by atoms with Crippen LogP contribution >= 0.6 is 0 Å². The van der Waals surface area contributed by atoms with Crippen molar-refractivity contribution >= 4 is 35.6 Å². The summed E-state index contributed by atoms with van der Waals surface area (Å²) < 4.78 is 5.28.